The van der Waals surface area contributed by atoms with Gasteiger partial charge >= 0.3 is 5.51 Å². The molecule has 0 rings (SSSR count). The summed E-state index contributed by atoms with van der Waals surface area (Å²) in [6.07, 6.45) is 0. The number of nitrogens with zero attached hydrogens (tertiary/aromatic N) is 1. The first kappa shape index (κ1) is 11.5. The Bertz CT molecular complexity index is 211. The second kappa shape index (κ2) is 3.93. The van der Waals surface area contributed by atoms with Crippen molar-refractivity contribution < 1.29 is 18.0 Å². The molecular formula is C6H10F3NOS. The second-order valence-electron chi connectivity index (χ2n) is 2.01. The van der Waals surface area contributed by atoms with E-state index in [9.17, 15) is 18.0 Å². The molecule has 2 nitrogen and oxygen atoms in total. The highest BCUT2D eigenvalue weighted by atomic mass is 32.2. The molecular weight excluding hydrogens is 191 g/mol. The average molecular weight is 201 g/mol. The van der Waals surface area contributed by atoms with Crippen LogP contribution >= 0.6 is 10.7 Å². The summed E-state index contributed by atoms with van der Waals surface area (Å²) in [7, 11) is -0.927. The molecule has 6 heteroatoms. The lowest BCUT2D eigenvalue weighted by atomic mass is 10.7. The van der Waals surface area contributed by atoms with E-state index in [0.29, 0.717) is 4.31 Å². The molecule has 0 aromatic rings. The zero-order chi connectivity index (χ0) is 9.94. The Kier molecular flexibility index (Phi) is 3.76. The van der Waals surface area contributed by atoms with Gasteiger partial charge in [-0.25, -0.2) is 0 Å². The molecule has 0 aromatic carbocycles. The fourth-order valence-electron chi connectivity index (χ4n) is 0.586. The maximum Gasteiger partial charge on any atom is 0.454 e. The number of amides is 1. The summed E-state index contributed by atoms with van der Waals surface area (Å²) in [5.41, 5.74) is -4.35. The van der Waals surface area contributed by atoms with E-state index in [4.69, 9.17) is 0 Å². The minimum atomic E-state index is -4.35. The molecule has 12 heavy (non-hydrogen) atoms. The van der Waals surface area contributed by atoms with Crippen LogP contribution in [0.4, 0.5) is 13.2 Å². The van der Waals surface area contributed by atoms with E-state index in [1.807, 2.05) is 0 Å². The van der Waals surface area contributed by atoms with Crippen molar-refractivity contribution >= 4 is 21.9 Å². The van der Waals surface area contributed by atoms with Gasteiger partial charge in [0.15, 0.2) is 0 Å². The summed E-state index contributed by atoms with van der Waals surface area (Å²) in [5, 5.41) is 0.974. The quantitative estimate of drug-likeness (QED) is 0.594. The molecule has 1 amide bonds. The van der Waals surface area contributed by atoms with Crippen LogP contribution in [-0.2, 0) is 4.79 Å². The predicted molar refractivity (Wildman–Crippen MR) is 43.8 cm³/mol. The molecule has 0 saturated carbocycles. The fourth-order valence-corrected chi connectivity index (χ4v) is 1.76. The Morgan fingerprint density at radius 1 is 1.50 bits per heavy atom. The molecule has 0 radical (unpaired) electrons. The van der Waals surface area contributed by atoms with Gasteiger partial charge in [0.25, 0.3) is 0 Å². The first-order chi connectivity index (χ1) is 5.30. The van der Waals surface area contributed by atoms with Crippen molar-refractivity contribution in [1.29, 1.82) is 0 Å². The number of hydrogen-bond acceptors (Lipinski definition) is 1. The van der Waals surface area contributed by atoms with Crippen LogP contribution in [0.25, 0.3) is 0 Å². The molecule has 1 unspecified atom stereocenters. The van der Waals surface area contributed by atoms with Gasteiger partial charge in [-0.15, -0.1) is 0 Å². The highest BCUT2D eigenvalue weighted by Crippen LogP contribution is 2.38. The smallest absolute Gasteiger partial charge is 0.289 e. The predicted octanol–water partition coefficient (Wildman–Crippen LogP) is 1.99. The highest BCUT2D eigenvalue weighted by Gasteiger charge is 2.35. The zero-order valence-corrected chi connectivity index (χ0v) is 7.79. The molecule has 0 spiro atoms. The van der Waals surface area contributed by atoms with E-state index in [-0.39, 0.29) is 0 Å². The first-order valence-corrected chi connectivity index (χ1v) is 4.39. The van der Waals surface area contributed by atoms with Crippen LogP contribution in [0, 0.1) is 0 Å². The third kappa shape index (κ3) is 2.84. The Hall–Kier alpha value is -0.520. The van der Waals surface area contributed by atoms with Crippen LogP contribution in [0.5, 0.6) is 0 Å². The summed E-state index contributed by atoms with van der Waals surface area (Å²) in [6.45, 7) is 2.39. The molecule has 0 aliphatic rings. The summed E-state index contributed by atoms with van der Waals surface area (Å²) >= 11 is 0. The Balaban J connectivity index is 4.72. The van der Waals surface area contributed by atoms with Crippen molar-refractivity contribution in [2.75, 3.05) is 7.05 Å². The SMILES string of the molecule is C/C=S(\N(C)C(C)=O)C(F)(F)F. The van der Waals surface area contributed by atoms with Crippen molar-refractivity contribution in [3.05, 3.63) is 0 Å². The highest BCUT2D eigenvalue weighted by molar-refractivity contribution is 8.14. The van der Waals surface area contributed by atoms with Gasteiger partial charge in [-0.2, -0.15) is 13.2 Å². The minimum absolute atomic E-state index is 0.589. The van der Waals surface area contributed by atoms with E-state index in [1.54, 1.807) is 0 Å². The number of carbonyl (C=O) groups excluding carboxylic acids is 1. The van der Waals surface area contributed by atoms with Gasteiger partial charge < -0.3 is 0 Å². The Labute approximate surface area is 71.4 Å². The molecule has 0 aliphatic carbocycles. The van der Waals surface area contributed by atoms with Crippen molar-refractivity contribution in [2.45, 2.75) is 19.4 Å². The lowest BCUT2D eigenvalue weighted by molar-refractivity contribution is -0.123. The number of halogens is 3. The van der Waals surface area contributed by atoms with Gasteiger partial charge in [-0.05, 0) is 12.3 Å². The minimum Gasteiger partial charge on any atom is -0.289 e. The number of carbonyl (C=O) groups is 1. The van der Waals surface area contributed by atoms with Crippen molar-refractivity contribution in [3.8, 4) is 0 Å². The standard InChI is InChI=1S/C6H10F3NOS/c1-4-12(6(7,8)9)10(3)5(2)11/h4H,1-3H3. The van der Waals surface area contributed by atoms with Crippen LogP contribution in [-0.4, -0.2) is 28.1 Å². The maximum absolute atomic E-state index is 12.1. The van der Waals surface area contributed by atoms with E-state index in [0.717, 1.165) is 19.3 Å². The normalized spacial score (nSPS) is 14.5. The number of alkyl halides is 3. The van der Waals surface area contributed by atoms with E-state index >= 15 is 0 Å². The fraction of sp³-hybridized carbons (Fsp3) is 0.667. The lowest BCUT2D eigenvalue weighted by Gasteiger charge is -2.21. The van der Waals surface area contributed by atoms with Crippen LogP contribution < -0.4 is 0 Å². The van der Waals surface area contributed by atoms with Crippen molar-refractivity contribution in [2.24, 2.45) is 0 Å². The van der Waals surface area contributed by atoms with Gasteiger partial charge in [-0.3, -0.25) is 9.10 Å². The molecule has 0 N–H and O–H groups in total. The van der Waals surface area contributed by atoms with Gasteiger partial charge in [0.05, 0.1) is 0 Å². The van der Waals surface area contributed by atoms with Crippen molar-refractivity contribution in [1.82, 2.24) is 4.31 Å². The van der Waals surface area contributed by atoms with Gasteiger partial charge in [0.2, 0.25) is 5.91 Å². The summed E-state index contributed by atoms with van der Waals surface area (Å²) in [5.74, 6) is -0.589. The largest absolute Gasteiger partial charge is 0.454 e. The Morgan fingerprint density at radius 3 is 2.00 bits per heavy atom. The van der Waals surface area contributed by atoms with Crippen LogP contribution in [0.3, 0.4) is 0 Å². The first-order valence-electron chi connectivity index (χ1n) is 3.14. The van der Waals surface area contributed by atoms with Gasteiger partial charge in [0, 0.05) is 24.6 Å². The zero-order valence-electron chi connectivity index (χ0n) is 6.97. The van der Waals surface area contributed by atoms with E-state index in [2.05, 4.69) is 0 Å². The molecule has 0 saturated heterocycles. The molecule has 0 heterocycles. The van der Waals surface area contributed by atoms with Crippen LogP contribution in [0.15, 0.2) is 0 Å². The molecule has 0 aromatic heterocycles. The average Bonchev–Trinajstić information content (AvgIpc) is 1.85. The van der Waals surface area contributed by atoms with Gasteiger partial charge in [-0.1, -0.05) is 0 Å². The Morgan fingerprint density at radius 2 is 1.92 bits per heavy atom. The second-order valence-corrected chi connectivity index (χ2v) is 4.12. The number of rotatable bonds is 1. The maximum atomic E-state index is 12.1. The van der Waals surface area contributed by atoms with E-state index in [1.165, 1.54) is 6.92 Å². The van der Waals surface area contributed by atoms with Gasteiger partial charge in [0.1, 0.15) is 0 Å². The van der Waals surface area contributed by atoms with Crippen molar-refractivity contribution in [3.63, 3.8) is 0 Å². The van der Waals surface area contributed by atoms with Crippen LogP contribution in [0.1, 0.15) is 13.8 Å². The third-order valence-electron chi connectivity index (χ3n) is 1.20. The molecule has 0 bridgehead atoms. The van der Waals surface area contributed by atoms with Crippen LogP contribution in [0.2, 0.25) is 0 Å². The monoisotopic (exact) mass is 201 g/mol. The van der Waals surface area contributed by atoms with E-state index < -0.39 is 22.1 Å². The topological polar surface area (TPSA) is 20.3 Å². The summed E-state index contributed by atoms with van der Waals surface area (Å²) in [6, 6.07) is 0. The summed E-state index contributed by atoms with van der Waals surface area (Å²) < 4.78 is 37.0. The third-order valence-corrected chi connectivity index (χ3v) is 2.97. The molecule has 72 valence electrons. The molecule has 0 fully saturated rings. The molecule has 1 atom stereocenters. The summed E-state index contributed by atoms with van der Waals surface area (Å²) in [4.78, 5) is 10.6. The molecule has 0 aliphatic heterocycles. The number of hydrogen-bond donors (Lipinski definition) is 0. The lowest BCUT2D eigenvalue weighted by Crippen LogP contribution is -2.25.